The summed E-state index contributed by atoms with van der Waals surface area (Å²) >= 11 is 0. The van der Waals surface area contributed by atoms with Crippen molar-refractivity contribution in [2.45, 2.75) is 6.92 Å². The third-order valence-corrected chi connectivity index (χ3v) is 2.71. The van der Waals surface area contributed by atoms with E-state index in [4.69, 9.17) is 0 Å². The van der Waals surface area contributed by atoms with Crippen LogP contribution in [0.2, 0.25) is 0 Å². The van der Waals surface area contributed by atoms with Gasteiger partial charge in [-0.25, -0.2) is 4.98 Å². The molecule has 94 valence electrons. The summed E-state index contributed by atoms with van der Waals surface area (Å²) in [5, 5.41) is 20.5. The smallest absolute Gasteiger partial charge is 0.273 e. The van der Waals surface area contributed by atoms with Crippen LogP contribution < -0.4 is 0 Å². The van der Waals surface area contributed by atoms with E-state index in [1.807, 2.05) is 6.92 Å². The van der Waals surface area contributed by atoms with Gasteiger partial charge in [-0.15, -0.1) is 0 Å². The lowest BCUT2D eigenvalue weighted by atomic mass is 10.0. The second-order valence-corrected chi connectivity index (χ2v) is 4.12. The summed E-state index contributed by atoms with van der Waals surface area (Å²) in [5.41, 5.74) is 1.42. The Balaban J connectivity index is 2.09. The predicted octanol–water partition coefficient (Wildman–Crippen LogP) is 0.764. The zero-order valence-corrected chi connectivity index (χ0v) is 9.98. The molecular weight excluding hydrogens is 246 g/mol. The van der Waals surface area contributed by atoms with E-state index in [2.05, 4.69) is 20.5 Å². The van der Waals surface area contributed by atoms with E-state index in [0.29, 0.717) is 11.3 Å². The average Bonchev–Trinajstić information content (AvgIpc) is 2.88. The number of rotatable bonds is 2. The highest BCUT2D eigenvalue weighted by atomic mass is 16.3. The summed E-state index contributed by atoms with van der Waals surface area (Å²) < 4.78 is 1.31. The standard InChI is InChI=1S/C12H9N5O2/c1-7-2-3-10(18)9(4-7)11(19)8-5-13-12-14-15-16-17(12)6-8/h2-6,18H,1H3. The maximum atomic E-state index is 12.3. The molecule has 0 fully saturated rings. The van der Waals surface area contributed by atoms with Gasteiger partial charge in [0.15, 0.2) is 5.78 Å². The van der Waals surface area contributed by atoms with Crippen molar-refractivity contribution in [2.75, 3.05) is 0 Å². The first kappa shape index (κ1) is 11.3. The van der Waals surface area contributed by atoms with Crippen molar-refractivity contribution in [1.82, 2.24) is 25.0 Å². The Kier molecular flexibility index (Phi) is 2.45. The molecule has 2 heterocycles. The molecule has 0 aliphatic heterocycles. The summed E-state index contributed by atoms with van der Waals surface area (Å²) in [6.07, 6.45) is 2.86. The monoisotopic (exact) mass is 255 g/mol. The van der Waals surface area contributed by atoms with Crippen LogP contribution in [0.5, 0.6) is 5.75 Å². The Hall–Kier alpha value is -2.83. The number of hydrogen-bond acceptors (Lipinski definition) is 6. The van der Waals surface area contributed by atoms with E-state index in [9.17, 15) is 9.90 Å². The number of nitrogens with zero attached hydrogens (tertiary/aromatic N) is 5. The van der Waals surface area contributed by atoms with Crippen molar-refractivity contribution >= 4 is 11.6 Å². The first-order valence-electron chi connectivity index (χ1n) is 5.53. The number of aromatic nitrogens is 5. The molecule has 0 atom stereocenters. The number of ketones is 1. The molecule has 1 aromatic carbocycles. The highest BCUT2D eigenvalue weighted by Gasteiger charge is 2.15. The SMILES string of the molecule is Cc1ccc(O)c(C(=O)c2cnc3nnnn3c2)c1. The van der Waals surface area contributed by atoms with E-state index >= 15 is 0 Å². The van der Waals surface area contributed by atoms with E-state index in [1.54, 1.807) is 12.1 Å². The van der Waals surface area contributed by atoms with Gasteiger partial charge in [-0.3, -0.25) is 4.79 Å². The van der Waals surface area contributed by atoms with E-state index in [-0.39, 0.29) is 17.1 Å². The second kappa shape index (κ2) is 4.13. The molecule has 7 heteroatoms. The largest absolute Gasteiger partial charge is 0.507 e. The number of fused-ring (bicyclic) bond motifs is 1. The van der Waals surface area contributed by atoms with Crippen molar-refractivity contribution in [3.63, 3.8) is 0 Å². The number of phenols is 1. The van der Waals surface area contributed by atoms with Crippen LogP contribution in [-0.2, 0) is 0 Å². The Bertz CT molecular complexity index is 781. The zero-order chi connectivity index (χ0) is 13.4. The molecule has 7 nitrogen and oxygen atoms in total. The molecule has 3 aromatic rings. The van der Waals surface area contributed by atoms with Crippen LogP contribution in [0, 0.1) is 6.92 Å². The minimum absolute atomic E-state index is 0.0626. The van der Waals surface area contributed by atoms with Gasteiger partial charge in [-0.1, -0.05) is 16.7 Å². The molecule has 0 aliphatic rings. The number of benzene rings is 1. The summed E-state index contributed by atoms with van der Waals surface area (Å²) in [5.74, 6) is -0.0801. The molecule has 0 aliphatic carbocycles. The average molecular weight is 255 g/mol. The molecule has 3 rings (SSSR count). The number of aryl methyl sites for hydroxylation is 1. The molecule has 0 saturated carbocycles. The maximum absolute atomic E-state index is 12.3. The molecule has 0 radical (unpaired) electrons. The summed E-state index contributed by atoms with van der Waals surface area (Å²) in [6, 6.07) is 4.85. The van der Waals surface area contributed by atoms with Crippen molar-refractivity contribution in [3.05, 3.63) is 47.3 Å². The number of tetrazole rings is 1. The number of aromatic hydroxyl groups is 1. The van der Waals surface area contributed by atoms with Gasteiger partial charge in [-0.2, -0.15) is 4.52 Å². The van der Waals surface area contributed by atoms with Gasteiger partial charge in [0.25, 0.3) is 5.78 Å². The number of carbonyl (C=O) groups excluding carboxylic acids is 1. The fraction of sp³-hybridized carbons (Fsp3) is 0.0833. The lowest BCUT2D eigenvalue weighted by Gasteiger charge is -2.04. The van der Waals surface area contributed by atoms with Gasteiger partial charge in [0.05, 0.1) is 11.1 Å². The fourth-order valence-electron chi connectivity index (χ4n) is 1.75. The van der Waals surface area contributed by atoms with Crippen molar-refractivity contribution in [1.29, 1.82) is 0 Å². The Morgan fingerprint density at radius 3 is 3.05 bits per heavy atom. The van der Waals surface area contributed by atoms with Crippen LogP contribution in [-0.4, -0.2) is 35.9 Å². The highest BCUT2D eigenvalue weighted by Crippen LogP contribution is 2.21. The molecule has 1 N–H and O–H groups in total. The Labute approximate surface area is 107 Å². The third kappa shape index (κ3) is 1.90. The van der Waals surface area contributed by atoms with Crippen molar-refractivity contribution in [2.24, 2.45) is 0 Å². The van der Waals surface area contributed by atoms with Crippen molar-refractivity contribution < 1.29 is 9.90 Å². The van der Waals surface area contributed by atoms with Gasteiger partial charge in [-0.05, 0) is 29.5 Å². The van der Waals surface area contributed by atoms with E-state index in [0.717, 1.165) is 5.56 Å². The van der Waals surface area contributed by atoms with Crippen LogP contribution in [0.1, 0.15) is 21.5 Å². The quantitative estimate of drug-likeness (QED) is 0.679. The van der Waals surface area contributed by atoms with E-state index in [1.165, 1.54) is 23.0 Å². The molecule has 2 aromatic heterocycles. The van der Waals surface area contributed by atoms with Crippen LogP contribution >= 0.6 is 0 Å². The lowest BCUT2D eigenvalue weighted by Crippen LogP contribution is -2.05. The molecule has 0 unspecified atom stereocenters. The van der Waals surface area contributed by atoms with Gasteiger partial charge in [0.2, 0.25) is 0 Å². The second-order valence-electron chi connectivity index (χ2n) is 4.12. The minimum Gasteiger partial charge on any atom is -0.507 e. The third-order valence-electron chi connectivity index (χ3n) is 2.71. The topological polar surface area (TPSA) is 93.3 Å². The first-order chi connectivity index (χ1) is 9.15. The molecule has 0 saturated heterocycles. The fourth-order valence-corrected chi connectivity index (χ4v) is 1.75. The van der Waals surface area contributed by atoms with Gasteiger partial charge >= 0.3 is 0 Å². The van der Waals surface area contributed by atoms with E-state index < -0.39 is 0 Å². The number of hydrogen-bond donors (Lipinski definition) is 1. The maximum Gasteiger partial charge on any atom is 0.273 e. The van der Waals surface area contributed by atoms with Crippen molar-refractivity contribution in [3.8, 4) is 5.75 Å². The normalized spacial score (nSPS) is 10.8. The minimum atomic E-state index is -0.328. The number of phenolic OH excluding ortho intramolecular Hbond substituents is 1. The highest BCUT2D eigenvalue weighted by molar-refractivity contribution is 6.10. The molecule has 0 amide bonds. The molecule has 19 heavy (non-hydrogen) atoms. The molecule has 0 spiro atoms. The zero-order valence-electron chi connectivity index (χ0n) is 9.98. The van der Waals surface area contributed by atoms with Gasteiger partial charge in [0.1, 0.15) is 5.75 Å². The predicted molar refractivity (Wildman–Crippen MR) is 64.9 cm³/mol. The van der Waals surface area contributed by atoms with Crippen LogP contribution in [0.25, 0.3) is 5.78 Å². The molecular formula is C12H9N5O2. The van der Waals surface area contributed by atoms with Gasteiger partial charge < -0.3 is 5.11 Å². The Morgan fingerprint density at radius 1 is 1.37 bits per heavy atom. The summed E-state index contributed by atoms with van der Waals surface area (Å²) in [4.78, 5) is 16.3. The first-order valence-corrected chi connectivity index (χ1v) is 5.53. The Morgan fingerprint density at radius 2 is 2.21 bits per heavy atom. The van der Waals surface area contributed by atoms with Crippen LogP contribution in [0.15, 0.2) is 30.6 Å². The van der Waals surface area contributed by atoms with Crippen LogP contribution in [0.3, 0.4) is 0 Å². The van der Waals surface area contributed by atoms with Crippen LogP contribution in [0.4, 0.5) is 0 Å². The number of carbonyl (C=O) groups is 1. The van der Waals surface area contributed by atoms with Gasteiger partial charge in [0, 0.05) is 12.4 Å². The molecule has 0 bridgehead atoms. The summed E-state index contributed by atoms with van der Waals surface area (Å²) in [6.45, 7) is 1.85. The summed E-state index contributed by atoms with van der Waals surface area (Å²) in [7, 11) is 0. The lowest BCUT2D eigenvalue weighted by molar-refractivity contribution is 0.103.